The minimum Gasteiger partial charge on any atom is -0.481 e. The molecule has 0 saturated heterocycles. The highest BCUT2D eigenvalue weighted by molar-refractivity contribution is 9.11. The van der Waals surface area contributed by atoms with E-state index in [9.17, 15) is 14.7 Å². The molecule has 2 N–H and O–H groups in total. The van der Waals surface area contributed by atoms with Crippen LogP contribution in [-0.2, 0) is 4.79 Å². The number of fused-ring (bicyclic) bond motifs is 2. The van der Waals surface area contributed by atoms with Gasteiger partial charge < -0.3 is 10.4 Å². The van der Waals surface area contributed by atoms with E-state index in [0.29, 0.717) is 16.0 Å². The van der Waals surface area contributed by atoms with E-state index < -0.39 is 11.9 Å². The van der Waals surface area contributed by atoms with E-state index in [0.717, 1.165) is 23.7 Å². The van der Waals surface area contributed by atoms with Crippen LogP contribution in [0.1, 0.15) is 29.6 Å². The summed E-state index contributed by atoms with van der Waals surface area (Å²) < 4.78 is 1.58. The molecule has 3 rings (SSSR count). The van der Waals surface area contributed by atoms with Crippen molar-refractivity contribution in [2.24, 2.45) is 17.8 Å². The fourth-order valence-electron chi connectivity index (χ4n) is 3.76. The highest BCUT2D eigenvalue weighted by Gasteiger charge is 2.51. The summed E-state index contributed by atoms with van der Waals surface area (Å²) in [6.45, 7) is 0. The molecular formula is C15H15Br2NO3. The third-order valence-corrected chi connectivity index (χ3v) is 5.82. The maximum absolute atomic E-state index is 12.4. The van der Waals surface area contributed by atoms with Crippen LogP contribution in [0.25, 0.3) is 0 Å². The fraction of sp³-hybridized carbons (Fsp3) is 0.467. The molecule has 1 amide bonds. The Labute approximate surface area is 139 Å². The van der Waals surface area contributed by atoms with Gasteiger partial charge in [0.15, 0.2) is 0 Å². The Morgan fingerprint density at radius 1 is 1.19 bits per heavy atom. The van der Waals surface area contributed by atoms with Crippen molar-refractivity contribution in [1.82, 2.24) is 5.32 Å². The number of benzene rings is 1. The molecule has 2 aliphatic carbocycles. The van der Waals surface area contributed by atoms with Crippen LogP contribution in [0.3, 0.4) is 0 Å². The van der Waals surface area contributed by atoms with Crippen LogP contribution in [0, 0.1) is 17.8 Å². The van der Waals surface area contributed by atoms with Crippen LogP contribution in [-0.4, -0.2) is 23.0 Å². The molecule has 4 nitrogen and oxygen atoms in total. The van der Waals surface area contributed by atoms with Gasteiger partial charge in [0.25, 0.3) is 5.91 Å². The molecule has 1 aromatic rings. The van der Waals surface area contributed by atoms with Gasteiger partial charge in [0, 0.05) is 15.0 Å². The Morgan fingerprint density at radius 2 is 1.90 bits per heavy atom. The van der Waals surface area contributed by atoms with Crippen LogP contribution in [0.4, 0.5) is 0 Å². The first kappa shape index (κ1) is 15.0. The first-order valence-electron chi connectivity index (χ1n) is 6.96. The Hall–Kier alpha value is -0.880. The molecule has 0 heterocycles. The molecule has 1 aromatic carbocycles. The van der Waals surface area contributed by atoms with E-state index in [1.165, 1.54) is 0 Å². The summed E-state index contributed by atoms with van der Waals surface area (Å²) in [4.78, 5) is 23.9. The van der Waals surface area contributed by atoms with E-state index >= 15 is 0 Å². The smallest absolute Gasteiger partial charge is 0.308 e. The second-order valence-electron chi connectivity index (χ2n) is 5.82. The standard InChI is InChI=1S/C15H15Br2NO3/c16-9-3-4-10(11(17)6-9)14(19)18-13-8-2-1-7(5-8)12(13)15(20)21/h3-4,6-8,12-13H,1-2,5H2,(H,18,19)(H,20,21). The number of hydrogen-bond acceptors (Lipinski definition) is 2. The number of halogens is 2. The van der Waals surface area contributed by atoms with Crippen molar-refractivity contribution in [2.45, 2.75) is 25.3 Å². The summed E-state index contributed by atoms with van der Waals surface area (Å²) in [5.41, 5.74) is 0.533. The van der Waals surface area contributed by atoms with Gasteiger partial charge in [0.1, 0.15) is 0 Å². The molecule has 4 atom stereocenters. The average Bonchev–Trinajstić information content (AvgIpc) is 2.98. The normalized spacial score (nSPS) is 30.4. The highest BCUT2D eigenvalue weighted by Crippen LogP contribution is 2.48. The SMILES string of the molecule is O=C(NC1C2CCC(C2)C1C(=O)O)c1ccc(Br)cc1Br. The van der Waals surface area contributed by atoms with Gasteiger partial charge in [0.05, 0.1) is 11.5 Å². The Morgan fingerprint density at radius 3 is 2.57 bits per heavy atom. The minimum absolute atomic E-state index is 0.210. The summed E-state index contributed by atoms with van der Waals surface area (Å²) in [5, 5.41) is 12.4. The van der Waals surface area contributed by atoms with E-state index in [2.05, 4.69) is 37.2 Å². The lowest BCUT2D eigenvalue weighted by molar-refractivity contribution is -0.144. The van der Waals surface area contributed by atoms with Crippen molar-refractivity contribution < 1.29 is 14.7 Å². The molecule has 0 aliphatic heterocycles. The Kier molecular flexibility index (Phi) is 4.10. The van der Waals surface area contributed by atoms with Crippen molar-refractivity contribution in [1.29, 1.82) is 0 Å². The number of carbonyl (C=O) groups excluding carboxylic acids is 1. The zero-order valence-electron chi connectivity index (χ0n) is 11.2. The first-order valence-corrected chi connectivity index (χ1v) is 8.54. The van der Waals surface area contributed by atoms with E-state index in [-0.39, 0.29) is 17.9 Å². The number of rotatable bonds is 3. The molecule has 21 heavy (non-hydrogen) atoms. The maximum Gasteiger partial charge on any atom is 0.308 e. The zero-order valence-corrected chi connectivity index (χ0v) is 14.4. The second-order valence-corrected chi connectivity index (χ2v) is 7.59. The number of carboxylic acid groups (broad SMARTS) is 1. The average molecular weight is 417 g/mol. The lowest BCUT2D eigenvalue weighted by Gasteiger charge is -2.29. The van der Waals surface area contributed by atoms with Crippen LogP contribution in [0.15, 0.2) is 27.1 Å². The van der Waals surface area contributed by atoms with Gasteiger partial charge in [-0.1, -0.05) is 15.9 Å². The molecule has 6 heteroatoms. The number of hydrogen-bond donors (Lipinski definition) is 2. The van der Waals surface area contributed by atoms with Crippen LogP contribution < -0.4 is 5.32 Å². The fourth-order valence-corrected chi connectivity index (χ4v) is 4.98. The number of nitrogens with one attached hydrogen (secondary N) is 1. The molecule has 2 saturated carbocycles. The zero-order chi connectivity index (χ0) is 15.1. The van der Waals surface area contributed by atoms with Crippen molar-refractivity contribution >= 4 is 43.7 Å². The molecule has 2 fully saturated rings. The van der Waals surface area contributed by atoms with Gasteiger partial charge in [-0.15, -0.1) is 0 Å². The maximum atomic E-state index is 12.4. The van der Waals surface area contributed by atoms with Gasteiger partial charge >= 0.3 is 5.97 Å². The second kappa shape index (κ2) is 5.72. The van der Waals surface area contributed by atoms with Gasteiger partial charge in [-0.3, -0.25) is 9.59 Å². The molecule has 4 unspecified atom stereocenters. The van der Waals surface area contributed by atoms with E-state index in [1.807, 2.05) is 6.07 Å². The molecule has 2 aliphatic rings. The first-order chi connectivity index (χ1) is 9.97. The molecule has 0 aromatic heterocycles. The molecule has 0 radical (unpaired) electrons. The molecule has 0 spiro atoms. The van der Waals surface area contributed by atoms with Crippen LogP contribution >= 0.6 is 31.9 Å². The summed E-state index contributed by atoms with van der Waals surface area (Å²) in [6.07, 6.45) is 2.90. The van der Waals surface area contributed by atoms with Gasteiger partial charge in [0.2, 0.25) is 0 Å². The minimum atomic E-state index is -0.789. The summed E-state index contributed by atoms with van der Waals surface area (Å²) in [7, 11) is 0. The largest absolute Gasteiger partial charge is 0.481 e. The van der Waals surface area contributed by atoms with Crippen molar-refractivity contribution in [3.8, 4) is 0 Å². The van der Waals surface area contributed by atoms with Gasteiger partial charge in [-0.05, 0) is 65.2 Å². The lowest BCUT2D eigenvalue weighted by Crippen LogP contribution is -2.46. The number of carboxylic acids is 1. The Bertz CT molecular complexity index is 605. The van der Waals surface area contributed by atoms with Crippen molar-refractivity contribution in [3.63, 3.8) is 0 Å². The quantitative estimate of drug-likeness (QED) is 0.792. The number of aliphatic carboxylic acids is 1. The summed E-state index contributed by atoms with van der Waals surface area (Å²) in [6, 6.07) is 5.09. The van der Waals surface area contributed by atoms with Crippen LogP contribution in [0.5, 0.6) is 0 Å². The summed E-state index contributed by atoms with van der Waals surface area (Å²) >= 11 is 6.72. The Balaban J connectivity index is 1.79. The lowest BCUT2D eigenvalue weighted by atomic mass is 9.84. The van der Waals surface area contributed by atoms with Gasteiger partial charge in [-0.25, -0.2) is 0 Å². The van der Waals surface area contributed by atoms with Gasteiger partial charge in [-0.2, -0.15) is 0 Å². The predicted molar refractivity (Wildman–Crippen MR) is 85.1 cm³/mol. The summed E-state index contributed by atoms with van der Waals surface area (Å²) in [5.74, 6) is -0.928. The molecular weight excluding hydrogens is 402 g/mol. The molecule has 112 valence electrons. The molecule has 2 bridgehead atoms. The third-order valence-electron chi connectivity index (χ3n) is 4.68. The van der Waals surface area contributed by atoms with Crippen LogP contribution in [0.2, 0.25) is 0 Å². The number of carbonyl (C=O) groups is 2. The highest BCUT2D eigenvalue weighted by atomic mass is 79.9. The topological polar surface area (TPSA) is 66.4 Å². The number of amides is 1. The van der Waals surface area contributed by atoms with E-state index in [1.54, 1.807) is 12.1 Å². The van der Waals surface area contributed by atoms with E-state index in [4.69, 9.17) is 0 Å². The van der Waals surface area contributed by atoms with Crippen molar-refractivity contribution in [3.05, 3.63) is 32.7 Å². The predicted octanol–water partition coefficient (Wildman–Crippen LogP) is 3.44. The third kappa shape index (κ3) is 2.75. The monoisotopic (exact) mass is 415 g/mol. The van der Waals surface area contributed by atoms with Crippen molar-refractivity contribution in [2.75, 3.05) is 0 Å².